The van der Waals surface area contributed by atoms with E-state index in [0.717, 1.165) is 18.9 Å². The summed E-state index contributed by atoms with van der Waals surface area (Å²) >= 11 is 0. The van der Waals surface area contributed by atoms with Gasteiger partial charge in [0.25, 0.3) is 0 Å². The topological polar surface area (TPSA) is 20.3 Å². The lowest BCUT2D eigenvalue weighted by molar-refractivity contribution is -0.129. The summed E-state index contributed by atoms with van der Waals surface area (Å²) in [5.41, 5.74) is 1.51. The molecule has 0 bridgehead atoms. The monoisotopic (exact) mass is 249 g/mol. The van der Waals surface area contributed by atoms with Crippen molar-refractivity contribution < 1.29 is 4.79 Å². The lowest BCUT2D eigenvalue weighted by Gasteiger charge is -2.26. The van der Waals surface area contributed by atoms with E-state index in [0.29, 0.717) is 5.92 Å². The lowest BCUT2D eigenvalue weighted by Crippen LogP contribution is -2.35. The van der Waals surface area contributed by atoms with Crippen LogP contribution in [0.25, 0.3) is 0 Å². The largest absolute Gasteiger partial charge is 0.337 e. The molecule has 2 atom stereocenters. The molecule has 0 aliphatic heterocycles. The zero-order chi connectivity index (χ0) is 13.7. The van der Waals surface area contributed by atoms with Crippen molar-refractivity contribution >= 4 is 5.91 Å². The summed E-state index contributed by atoms with van der Waals surface area (Å²) < 4.78 is 0. The van der Waals surface area contributed by atoms with Crippen LogP contribution in [0.1, 0.15) is 47.5 Å². The summed E-state index contributed by atoms with van der Waals surface area (Å²) in [6.07, 6.45) is 9.16. The number of nitrogens with zero attached hydrogens (tertiary/aromatic N) is 1. The highest BCUT2D eigenvalue weighted by Crippen LogP contribution is 2.29. The van der Waals surface area contributed by atoms with Gasteiger partial charge in [0.1, 0.15) is 0 Å². The Bertz CT molecular complexity index is 341. The molecule has 0 saturated carbocycles. The quantitative estimate of drug-likeness (QED) is 0.694. The van der Waals surface area contributed by atoms with Crippen molar-refractivity contribution in [2.24, 2.45) is 11.8 Å². The Morgan fingerprint density at radius 2 is 2.22 bits per heavy atom. The average molecular weight is 249 g/mol. The number of carbonyl (C=O) groups is 1. The van der Waals surface area contributed by atoms with Gasteiger partial charge < -0.3 is 4.90 Å². The van der Waals surface area contributed by atoms with Gasteiger partial charge in [0, 0.05) is 19.5 Å². The molecule has 2 nitrogen and oxygen atoms in total. The van der Waals surface area contributed by atoms with Crippen molar-refractivity contribution in [3.63, 3.8) is 0 Å². The number of hydrogen-bond donors (Lipinski definition) is 0. The third kappa shape index (κ3) is 4.32. The molecule has 0 aromatic rings. The third-order valence-corrected chi connectivity index (χ3v) is 3.83. The maximum Gasteiger partial charge on any atom is 0.219 e. The van der Waals surface area contributed by atoms with Gasteiger partial charge in [-0.3, -0.25) is 4.79 Å². The summed E-state index contributed by atoms with van der Waals surface area (Å²) in [5.74, 6) is 1.51. The van der Waals surface area contributed by atoms with E-state index in [1.54, 1.807) is 6.92 Å². The zero-order valence-corrected chi connectivity index (χ0v) is 12.4. The van der Waals surface area contributed by atoms with Crippen LogP contribution >= 0.6 is 0 Å². The summed E-state index contributed by atoms with van der Waals surface area (Å²) in [5, 5.41) is 0. The standard InChI is InChI=1S/C16H27NO/c1-12(2)17(15(5)18)10-6-7-16-9-8-13(3)11-14(16)4/h6-8,12,14,16H,9-11H2,1-5H3/b7-6-. The molecule has 1 aliphatic carbocycles. The highest BCUT2D eigenvalue weighted by Gasteiger charge is 2.18. The van der Waals surface area contributed by atoms with E-state index >= 15 is 0 Å². The van der Waals surface area contributed by atoms with E-state index in [1.807, 2.05) is 4.90 Å². The fraction of sp³-hybridized carbons (Fsp3) is 0.688. The van der Waals surface area contributed by atoms with Gasteiger partial charge in [-0.1, -0.05) is 30.7 Å². The SMILES string of the molecule is CC(=O)N(C/C=C\C1CC=C(C)CC1C)C(C)C. The molecule has 0 spiro atoms. The van der Waals surface area contributed by atoms with Crippen molar-refractivity contribution in [3.8, 4) is 0 Å². The molecule has 0 heterocycles. The van der Waals surface area contributed by atoms with Crippen molar-refractivity contribution in [1.29, 1.82) is 0 Å². The fourth-order valence-corrected chi connectivity index (χ4v) is 2.63. The second kappa shape index (κ2) is 6.77. The van der Waals surface area contributed by atoms with Crippen LogP contribution in [0.3, 0.4) is 0 Å². The Morgan fingerprint density at radius 3 is 2.72 bits per heavy atom. The lowest BCUT2D eigenvalue weighted by atomic mass is 9.81. The second-order valence-corrected chi connectivity index (χ2v) is 5.82. The first-order valence-electron chi connectivity index (χ1n) is 7.01. The minimum atomic E-state index is 0.155. The first kappa shape index (κ1) is 15.0. The minimum Gasteiger partial charge on any atom is -0.337 e. The van der Waals surface area contributed by atoms with E-state index < -0.39 is 0 Å². The van der Waals surface area contributed by atoms with Gasteiger partial charge in [-0.25, -0.2) is 0 Å². The van der Waals surface area contributed by atoms with Gasteiger partial charge in [-0.15, -0.1) is 0 Å². The average Bonchev–Trinajstić information content (AvgIpc) is 2.25. The summed E-state index contributed by atoms with van der Waals surface area (Å²) in [4.78, 5) is 13.4. The van der Waals surface area contributed by atoms with Crippen molar-refractivity contribution in [3.05, 3.63) is 23.8 Å². The predicted octanol–water partition coefficient (Wildman–Crippen LogP) is 3.79. The Labute approximate surface area is 112 Å². The van der Waals surface area contributed by atoms with Crippen molar-refractivity contribution in [1.82, 2.24) is 4.90 Å². The highest BCUT2D eigenvalue weighted by molar-refractivity contribution is 5.73. The first-order chi connectivity index (χ1) is 8.41. The molecule has 2 heteroatoms. The molecule has 1 aliphatic rings. The second-order valence-electron chi connectivity index (χ2n) is 5.82. The number of amides is 1. The molecule has 0 aromatic carbocycles. The Morgan fingerprint density at radius 1 is 1.56 bits per heavy atom. The van der Waals surface area contributed by atoms with Crippen LogP contribution in [0, 0.1) is 11.8 Å². The van der Waals surface area contributed by atoms with Gasteiger partial charge in [0.15, 0.2) is 0 Å². The maximum absolute atomic E-state index is 11.5. The van der Waals surface area contributed by atoms with Crippen molar-refractivity contribution in [2.45, 2.75) is 53.5 Å². The Hall–Kier alpha value is -1.05. The molecule has 0 aromatic heterocycles. The molecule has 1 rings (SSSR count). The molecule has 2 unspecified atom stereocenters. The summed E-state index contributed by atoms with van der Waals surface area (Å²) in [7, 11) is 0. The van der Waals surface area contributed by atoms with Gasteiger partial charge in [0.2, 0.25) is 5.91 Å². The molecule has 0 saturated heterocycles. The van der Waals surface area contributed by atoms with E-state index in [2.05, 4.69) is 45.9 Å². The normalized spacial score (nSPS) is 24.4. The third-order valence-electron chi connectivity index (χ3n) is 3.83. The number of rotatable bonds is 4. The molecule has 0 radical (unpaired) electrons. The van der Waals surface area contributed by atoms with Crippen molar-refractivity contribution in [2.75, 3.05) is 6.54 Å². The number of carbonyl (C=O) groups excluding carboxylic acids is 1. The minimum absolute atomic E-state index is 0.155. The molecule has 18 heavy (non-hydrogen) atoms. The first-order valence-corrected chi connectivity index (χ1v) is 7.01. The zero-order valence-electron chi connectivity index (χ0n) is 12.4. The van der Waals surface area contributed by atoms with Crippen LogP contribution in [0.15, 0.2) is 23.8 Å². The van der Waals surface area contributed by atoms with Gasteiger partial charge in [0.05, 0.1) is 0 Å². The van der Waals surface area contributed by atoms with E-state index in [4.69, 9.17) is 0 Å². The van der Waals surface area contributed by atoms with Crippen LogP contribution in [0.5, 0.6) is 0 Å². The van der Waals surface area contributed by atoms with Gasteiger partial charge in [-0.2, -0.15) is 0 Å². The van der Waals surface area contributed by atoms with Crippen LogP contribution in [0.4, 0.5) is 0 Å². The molecule has 0 N–H and O–H groups in total. The van der Waals surface area contributed by atoms with Gasteiger partial charge >= 0.3 is 0 Å². The van der Waals surface area contributed by atoms with Crippen LogP contribution < -0.4 is 0 Å². The Balaban J connectivity index is 2.52. The molecular formula is C16H27NO. The maximum atomic E-state index is 11.5. The molecule has 102 valence electrons. The van der Waals surface area contributed by atoms with E-state index in [-0.39, 0.29) is 11.9 Å². The van der Waals surface area contributed by atoms with Gasteiger partial charge in [-0.05, 0) is 45.4 Å². The smallest absolute Gasteiger partial charge is 0.219 e. The predicted molar refractivity (Wildman–Crippen MR) is 77.3 cm³/mol. The summed E-state index contributed by atoms with van der Waals surface area (Å²) in [6, 6.07) is 0.276. The van der Waals surface area contributed by atoms with E-state index in [9.17, 15) is 4.79 Å². The fourth-order valence-electron chi connectivity index (χ4n) is 2.63. The molecule has 0 fully saturated rings. The van der Waals surface area contributed by atoms with Crippen LogP contribution in [-0.2, 0) is 4.79 Å². The Kier molecular flexibility index (Phi) is 5.64. The highest BCUT2D eigenvalue weighted by atomic mass is 16.2. The van der Waals surface area contributed by atoms with E-state index in [1.165, 1.54) is 12.0 Å². The molecule has 1 amide bonds. The van der Waals surface area contributed by atoms with Crippen LogP contribution in [0.2, 0.25) is 0 Å². The number of allylic oxidation sites excluding steroid dienone is 3. The summed E-state index contributed by atoms with van der Waals surface area (Å²) in [6.45, 7) is 11.0. The number of hydrogen-bond acceptors (Lipinski definition) is 1. The van der Waals surface area contributed by atoms with Crippen LogP contribution in [-0.4, -0.2) is 23.4 Å². The molecular weight excluding hydrogens is 222 g/mol.